The Morgan fingerprint density at radius 1 is 1.38 bits per heavy atom. The molecule has 0 bridgehead atoms. The van der Waals surface area contributed by atoms with Crippen molar-refractivity contribution in [1.29, 1.82) is 0 Å². The third kappa shape index (κ3) is 8.07. The van der Waals surface area contributed by atoms with E-state index in [4.69, 9.17) is 16.3 Å². The molecule has 0 spiro atoms. The summed E-state index contributed by atoms with van der Waals surface area (Å²) in [6.45, 7) is 7.81. The average Bonchev–Trinajstić information content (AvgIpc) is 2.97. The first kappa shape index (κ1) is 20.1. The van der Waals surface area contributed by atoms with E-state index in [-0.39, 0.29) is 5.96 Å². The number of aromatic nitrogens is 1. The molecule has 8 nitrogen and oxygen atoms in total. The van der Waals surface area contributed by atoms with Gasteiger partial charge in [0, 0.05) is 32.5 Å². The normalized spacial score (nSPS) is 13.1. The van der Waals surface area contributed by atoms with Gasteiger partial charge in [0.1, 0.15) is 5.15 Å². The lowest BCUT2D eigenvalue weighted by Crippen LogP contribution is -2.40. The molecule has 0 saturated carbocycles. The fourth-order valence-electron chi connectivity index (χ4n) is 1.94. The Balaban J connectivity index is 0.000000351. The Labute approximate surface area is 147 Å². The first-order valence-electron chi connectivity index (χ1n) is 7.95. The number of guanidine groups is 1. The SMILES string of the molecule is CCCOCCC.O=[N+]([O-])NC1=NCCN1Cc1ccc(Cl)nc1. The fourth-order valence-corrected chi connectivity index (χ4v) is 2.05. The van der Waals surface area contributed by atoms with Crippen LogP contribution in [0.25, 0.3) is 0 Å². The molecule has 0 atom stereocenters. The van der Waals surface area contributed by atoms with Crippen molar-refractivity contribution in [1.82, 2.24) is 15.3 Å². The molecule has 24 heavy (non-hydrogen) atoms. The molecule has 2 rings (SSSR count). The number of hydrazine groups is 1. The summed E-state index contributed by atoms with van der Waals surface area (Å²) < 4.78 is 5.13. The van der Waals surface area contributed by atoms with E-state index in [0.29, 0.717) is 24.8 Å². The molecule has 9 heteroatoms. The van der Waals surface area contributed by atoms with Crippen molar-refractivity contribution in [2.45, 2.75) is 33.2 Å². The highest BCUT2D eigenvalue weighted by molar-refractivity contribution is 6.29. The van der Waals surface area contributed by atoms with E-state index in [1.807, 2.05) is 6.07 Å². The van der Waals surface area contributed by atoms with Crippen molar-refractivity contribution in [2.24, 2.45) is 4.99 Å². The molecule has 0 radical (unpaired) electrons. The minimum absolute atomic E-state index is 0.282. The van der Waals surface area contributed by atoms with E-state index in [1.54, 1.807) is 17.2 Å². The van der Waals surface area contributed by atoms with E-state index >= 15 is 0 Å². The zero-order valence-corrected chi connectivity index (χ0v) is 14.8. The molecule has 0 saturated heterocycles. The van der Waals surface area contributed by atoms with Crippen molar-refractivity contribution in [2.75, 3.05) is 26.3 Å². The molecule has 0 amide bonds. The van der Waals surface area contributed by atoms with Crippen LogP contribution in [0.2, 0.25) is 5.15 Å². The summed E-state index contributed by atoms with van der Waals surface area (Å²) in [5, 5.41) is 10.2. The monoisotopic (exact) mass is 357 g/mol. The zero-order valence-electron chi connectivity index (χ0n) is 14.1. The molecular weight excluding hydrogens is 334 g/mol. The number of ether oxygens (including phenoxy) is 1. The topological polar surface area (TPSA) is 92.9 Å². The number of hydrogen-bond acceptors (Lipinski definition) is 6. The second-order valence-corrected chi connectivity index (χ2v) is 5.48. The van der Waals surface area contributed by atoms with Gasteiger partial charge in [0.25, 0.3) is 5.96 Å². The highest BCUT2D eigenvalue weighted by Crippen LogP contribution is 2.10. The molecule has 0 fully saturated rings. The van der Waals surface area contributed by atoms with E-state index in [9.17, 15) is 10.1 Å². The number of nitrogens with one attached hydrogen (secondary N) is 1. The molecule has 0 aliphatic carbocycles. The van der Waals surface area contributed by atoms with Gasteiger partial charge in [-0.05, 0) is 24.5 Å². The Morgan fingerprint density at radius 2 is 2.08 bits per heavy atom. The van der Waals surface area contributed by atoms with E-state index in [2.05, 4.69) is 29.2 Å². The average molecular weight is 358 g/mol. The third-order valence-electron chi connectivity index (χ3n) is 2.98. The van der Waals surface area contributed by atoms with E-state index in [0.717, 1.165) is 31.6 Å². The lowest BCUT2D eigenvalue weighted by atomic mass is 10.3. The first-order valence-corrected chi connectivity index (χ1v) is 8.33. The molecular formula is C15H24ClN5O3. The molecule has 134 valence electrons. The van der Waals surface area contributed by atoms with Crippen LogP contribution in [0.4, 0.5) is 0 Å². The number of nitro groups is 1. The van der Waals surface area contributed by atoms with Crippen molar-refractivity contribution < 1.29 is 9.77 Å². The van der Waals surface area contributed by atoms with E-state index < -0.39 is 5.03 Å². The van der Waals surface area contributed by atoms with Gasteiger partial charge in [0.05, 0.1) is 6.54 Å². The Bertz CT molecular complexity index is 520. The summed E-state index contributed by atoms with van der Waals surface area (Å²) in [4.78, 5) is 20.1. The number of aliphatic imine (C=N–C) groups is 1. The van der Waals surface area contributed by atoms with Crippen LogP contribution in [0.15, 0.2) is 23.3 Å². The van der Waals surface area contributed by atoms with Gasteiger partial charge < -0.3 is 9.64 Å². The molecule has 1 N–H and O–H groups in total. The van der Waals surface area contributed by atoms with Crippen LogP contribution >= 0.6 is 11.6 Å². The third-order valence-corrected chi connectivity index (χ3v) is 3.20. The van der Waals surface area contributed by atoms with Crippen LogP contribution in [-0.4, -0.2) is 47.2 Å². The number of halogens is 1. The van der Waals surface area contributed by atoms with Gasteiger partial charge in [0.15, 0.2) is 5.03 Å². The van der Waals surface area contributed by atoms with Crippen LogP contribution < -0.4 is 5.43 Å². The van der Waals surface area contributed by atoms with Gasteiger partial charge in [-0.1, -0.05) is 36.9 Å². The van der Waals surface area contributed by atoms with Crippen molar-refractivity contribution in [3.8, 4) is 0 Å². The van der Waals surface area contributed by atoms with Crippen molar-refractivity contribution >= 4 is 17.6 Å². The maximum absolute atomic E-state index is 10.4. The number of hydrogen-bond donors (Lipinski definition) is 1. The Hall–Kier alpha value is -1.93. The van der Waals surface area contributed by atoms with Gasteiger partial charge in [0.2, 0.25) is 0 Å². The summed E-state index contributed by atoms with van der Waals surface area (Å²) in [5.74, 6) is 0.282. The summed E-state index contributed by atoms with van der Waals surface area (Å²) in [7, 11) is 0. The van der Waals surface area contributed by atoms with Crippen molar-refractivity contribution in [3.63, 3.8) is 0 Å². The Kier molecular flexibility index (Phi) is 9.71. The summed E-state index contributed by atoms with van der Waals surface area (Å²) in [5.41, 5.74) is 3.00. The molecule has 1 aromatic heterocycles. The van der Waals surface area contributed by atoms with Crippen LogP contribution in [0, 0.1) is 10.1 Å². The smallest absolute Gasteiger partial charge is 0.257 e. The second-order valence-electron chi connectivity index (χ2n) is 5.10. The number of pyridine rings is 1. The van der Waals surface area contributed by atoms with Gasteiger partial charge >= 0.3 is 0 Å². The maximum atomic E-state index is 10.4. The van der Waals surface area contributed by atoms with E-state index in [1.165, 1.54) is 0 Å². The molecule has 2 heterocycles. The number of nitrogens with zero attached hydrogens (tertiary/aromatic N) is 4. The lowest BCUT2D eigenvalue weighted by molar-refractivity contribution is -0.526. The fraction of sp³-hybridized carbons (Fsp3) is 0.600. The Morgan fingerprint density at radius 3 is 2.62 bits per heavy atom. The van der Waals surface area contributed by atoms with Gasteiger partial charge in [-0.2, -0.15) is 0 Å². The summed E-state index contributed by atoms with van der Waals surface area (Å²) >= 11 is 5.68. The quantitative estimate of drug-likeness (QED) is 0.349. The molecule has 1 aliphatic rings. The van der Waals surface area contributed by atoms with Gasteiger partial charge in [-0.3, -0.25) is 0 Å². The summed E-state index contributed by atoms with van der Waals surface area (Å²) in [6.07, 6.45) is 3.92. The lowest BCUT2D eigenvalue weighted by Gasteiger charge is -2.17. The molecule has 1 aliphatic heterocycles. The molecule has 0 unspecified atom stereocenters. The van der Waals surface area contributed by atoms with Crippen LogP contribution in [-0.2, 0) is 11.3 Å². The van der Waals surface area contributed by atoms with Crippen molar-refractivity contribution in [3.05, 3.63) is 39.2 Å². The van der Waals surface area contributed by atoms with Crippen LogP contribution in [0.5, 0.6) is 0 Å². The number of rotatable bonds is 7. The maximum Gasteiger partial charge on any atom is 0.257 e. The molecule has 0 aromatic carbocycles. The van der Waals surface area contributed by atoms with Crippen LogP contribution in [0.3, 0.4) is 0 Å². The van der Waals surface area contributed by atoms with Crippen LogP contribution in [0.1, 0.15) is 32.3 Å². The minimum atomic E-state index is -0.614. The largest absolute Gasteiger partial charge is 0.381 e. The van der Waals surface area contributed by atoms with Gasteiger partial charge in [-0.15, -0.1) is 0 Å². The highest BCUT2D eigenvalue weighted by Gasteiger charge is 2.20. The standard InChI is InChI=1S/C9H10ClN5O2.C6H14O/c10-8-2-1-7(5-12-8)6-14-4-3-11-9(14)13-15(16)17;1-3-5-7-6-4-2/h1-2,5H,3-4,6H2,(H,11,13);3-6H2,1-2H3. The summed E-state index contributed by atoms with van der Waals surface area (Å²) in [6, 6.07) is 3.52. The predicted octanol–water partition coefficient (Wildman–Crippen LogP) is 2.51. The molecule has 1 aromatic rings. The second kappa shape index (κ2) is 11.6. The predicted molar refractivity (Wildman–Crippen MR) is 93.5 cm³/mol. The zero-order chi connectivity index (χ0) is 17.8. The minimum Gasteiger partial charge on any atom is -0.381 e. The van der Waals surface area contributed by atoms with Gasteiger partial charge in [-0.25, -0.2) is 20.1 Å². The first-order chi connectivity index (χ1) is 11.6. The highest BCUT2D eigenvalue weighted by atomic mass is 35.5.